The summed E-state index contributed by atoms with van der Waals surface area (Å²) in [7, 11) is 0. The Kier molecular flexibility index (Phi) is 6.08. The van der Waals surface area contributed by atoms with Crippen molar-refractivity contribution in [1.29, 1.82) is 0 Å². The van der Waals surface area contributed by atoms with Crippen LogP contribution >= 0.6 is 0 Å². The summed E-state index contributed by atoms with van der Waals surface area (Å²) in [6.07, 6.45) is -3.02. The van der Waals surface area contributed by atoms with E-state index < -0.39 is 12.8 Å². The number of carbonyl (C=O) groups is 1. The van der Waals surface area contributed by atoms with E-state index in [0.717, 1.165) is 24.2 Å². The van der Waals surface area contributed by atoms with Gasteiger partial charge in [-0.2, -0.15) is 13.2 Å². The van der Waals surface area contributed by atoms with E-state index in [1.54, 1.807) is 0 Å². The number of hydrogen-bond donors (Lipinski definition) is 1. The average Bonchev–Trinajstić information content (AvgIpc) is 2.67. The van der Waals surface area contributed by atoms with Crippen LogP contribution in [0, 0.1) is 0 Å². The van der Waals surface area contributed by atoms with Gasteiger partial charge in [0.05, 0.1) is 12.7 Å². The molecule has 1 fully saturated rings. The van der Waals surface area contributed by atoms with Crippen LogP contribution in [-0.2, 0) is 11.2 Å². The fraction of sp³-hybridized carbons (Fsp3) is 0.368. The molecule has 1 N–H and O–H groups in total. The molecule has 0 amide bonds. The van der Waals surface area contributed by atoms with Gasteiger partial charge >= 0.3 is 6.18 Å². The monoisotopic (exact) mass is 380 g/mol. The van der Waals surface area contributed by atoms with Gasteiger partial charge in [-0.15, -0.1) is 0 Å². The lowest BCUT2D eigenvalue weighted by atomic mass is 10.0. The molecule has 1 atom stereocenters. The average molecular weight is 380 g/mol. The van der Waals surface area contributed by atoms with Gasteiger partial charge in [-0.05, 0) is 17.2 Å². The normalized spacial score (nSPS) is 17.5. The fourth-order valence-corrected chi connectivity index (χ4v) is 2.70. The molecule has 0 saturated carbocycles. The summed E-state index contributed by atoms with van der Waals surface area (Å²) in [6, 6.07) is 10.3. The molecule has 1 saturated heterocycles. The van der Waals surface area contributed by atoms with E-state index in [9.17, 15) is 18.0 Å². The first-order valence-electron chi connectivity index (χ1n) is 8.51. The zero-order chi connectivity index (χ0) is 19.3. The standard InChI is InChI=1S/C19H19F3N2O3/c20-19(21,22)12-27-18-6-5-15(10-24-18)16(25)9-13-1-3-14(4-2-13)17-11-23-7-8-26-17/h1-6,10,17,23H,7-9,11-12H2. The molecule has 1 aliphatic rings. The van der Waals surface area contributed by atoms with E-state index in [1.165, 1.54) is 18.3 Å². The summed E-state index contributed by atoms with van der Waals surface area (Å²) in [5.74, 6) is -0.345. The predicted molar refractivity (Wildman–Crippen MR) is 91.8 cm³/mol. The number of carbonyl (C=O) groups excluding carboxylic acids is 1. The maximum atomic E-state index is 12.3. The molecule has 8 heteroatoms. The zero-order valence-electron chi connectivity index (χ0n) is 14.5. The molecule has 1 aromatic carbocycles. The Morgan fingerprint density at radius 3 is 2.59 bits per heavy atom. The van der Waals surface area contributed by atoms with Crippen LogP contribution in [0.3, 0.4) is 0 Å². The molecule has 2 heterocycles. The Morgan fingerprint density at radius 1 is 1.22 bits per heavy atom. The van der Waals surface area contributed by atoms with Crippen LogP contribution in [0.25, 0.3) is 0 Å². The number of rotatable bonds is 6. The zero-order valence-corrected chi connectivity index (χ0v) is 14.5. The van der Waals surface area contributed by atoms with Crippen molar-refractivity contribution in [3.8, 4) is 5.88 Å². The lowest BCUT2D eigenvalue weighted by Crippen LogP contribution is -2.33. The molecule has 27 heavy (non-hydrogen) atoms. The van der Waals surface area contributed by atoms with Gasteiger partial charge in [0, 0.05) is 37.3 Å². The van der Waals surface area contributed by atoms with Crippen molar-refractivity contribution in [2.45, 2.75) is 18.7 Å². The number of ketones is 1. The summed E-state index contributed by atoms with van der Waals surface area (Å²) >= 11 is 0. The summed E-state index contributed by atoms with van der Waals surface area (Å²) in [6.45, 7) is 0.852. The summed E-state index contributed by atoms with van der Waals surface area (Å²) < 4.78 is 46.6. The molecular weight excluding hydrogens is 361 g/mol. The van der Waals surface area contributed by atoms with Crippen LogP contribution < -0.4 is 10.1 Å². The van der Waals surface area contributed by atoms with Gasteiger partial charge in [-0.1, -0.05) is 24.3 Å². The van der Waals surface area contributed by atoms with Gasteiger partial charge < -0.3 is 14.8 Å². The molecule has 5 nitrogen and oxygen atoms in total. The number of nitrogens with one attached hydrogen (secondary N) is 1. The van der Waals surface area contributed by atoms with Crippen molar-refractivity contribution >= 4 is 5.78 Å². The molecular formula is C19H19F3N2O3. The first-order chi connectivity index (χ1) is 12.9. The SMILES string of the molecule is O=C(Cc1ccc(C2CNCCO2)cc1)c1ccc(OCC(F)(F)F)nc1. The number of pyridine rings is 1. The van der Waals surface area contributed by atoms with Crippen molar-refractivity contribution in [1.82, 2.24) is 10.3 Å². The first kappa shape index (κ1) is 19.3. The van der Waals surface area contributed by atoms with Crippen LogP contribution in [0.5, 0.6) is 5.88 Å². The Hall–Kier alpha value is -2.45. The van der Waals surface area contributed by atoms with E-state index in [-0.39, 0.29) is 24.2 Å². The third kappa shape index (κ3) is 5.77. The highest BCUT2D eigenvalue weighted by atomic mass is 19.4. The van der Waals surface area contributed by atoms with Crippen LogP contribution in [0.4, 0.5) is 13.2 Å². The van der Waals surface area contributed by atoms with Crippen molar-refractivity contribution in [2.24, 2.45) is 0 Å². The van der Waals surface area contributed by atoms with Gasteiger partial charge in [0.25, 0.3) is 0 Å². The summed E-state index contributed by atoms with van der Waals surface area (Å²) in [4.78, 5) is 16.1. The smallest absolute Gasteiger partial charge is 0.422 e. The number of Topliss-reactive ketones (excluding diaryl/α,β-unsaturated/α-hetero) is 1. The lowest BCUT2D eigenvalue weighted by molar-refractivity contribution is -0.154. The molecule has 1 aliphatic heterocycles. The molecule has 1 aromatic heterocycles. The van der Waals surface area contributed by atoms with Crippen LogP contribution in [0.1, 0.15) is 27.6 Å². The van der Waals surface area contributed by atoms with Gasteiger partial charge in [0.1, 0.15) is 0 Å². The van der Waals surface area contributed by atoms with E-state index in [1.807, 2.05) is 24.3 Å². The van der Waals surface area contributed by atoms with E-state index in [2.05, 4.69) is 15.0 Å². The minimum atomic E-state index is -4.43. The second-order valence-corrected chi connectivity index (χ2v) is 6.19. The third-order valence-corrected chi connectivity index (χ3v) is 4.09. The Bertz CT molecular complexity index is 755. The third-order valence-electron chi connectivity index (χ3n) is 4.09. The highest BCUT2D eigenvalue weighted by molar-refractivity contribution is 5.97. The quantitative estimate of drug-likeness (QED) is 0.781. The van der Waals surface area contributed by atoms with Crippen molar-refractivity contribution in [2.75, 3.05) is 26.3 Å². The molecule has 0 spiro atoms. The number of nitrogens with zero attached hydrogens (tertiary/aromatic N) is 1. The van der Waals surface area contributed by atoms with Crippen molar-refractivity contribution < 1.29 is 27.4 Å². The minimum absolute atomic E-state index is 0.0111. The second-order valence-electron chi connectivity index (χ2n) is 6.19. The lowest BCUT2D eigenvalue weighted by Gasteiger charge is -2.24. The predicted octanol–water partition coefficient (Wildman–Crippen LogP) is 3.11. The Balaban J connectivity index is 1.56. The van der Waals surface area contributed by atoms with Gasteiger partial charge in [0.2, 0.25) is 5.88 Å². The van der Waals surface area contributed by atoms with Gasteiger partial charge in [-0.25, -0.2) is 4.98 Å². The maximum absolute atomic E-state index is 12.3. The van der Waals surface area contributed by atoms with Gasteiger partial charge in [-0.3, -0.25) is 4.79 Å². The van der Waals surface area contributed by atoms with E-state index >= 15 is 0 Å². The van der Waals surface area contributed by atoms with Crippen molar-refractivity contribution in [3.05, 3.63) is 59.3 Å². The highest BCUT2D eigenvalue weighted by Gasteiger charge is 2.28. The molecule has 144 valence electrons. The Labute approximate surface area is 154 Å². The van der Waals surface area contributed by atoms with Crippen LogP contribution in [0.15, 0.2) is 42.6 Å². The molecule has 0 radical (unpaired) electrons. The molecule has 3 rings (SSSR count). The second kappa shape index (κ2) is 8.49. The number of halogens is 3. The number of ether oxygens (including phenoxy) is 2. The molecule has 1 unspecified atom stereocenters. The van der Waals surface area contributed by atoms with Gasteiger partial charge in [0.15, 0.2) is 12.4 Å². The number of alkyl halides is 3. The van der Waals surface area contributed by atoms with E-state index in [0.29, 0.717) is 12.2 Å². The number of benzene rings is 1. The largest absolute Gasteiger partial charge is 0.468 e. The summed E-state index contributed by atoms with van der Waals surface area (Å²) in [5, 5.41) is 3.26. The molecule has 2 aromatic rings. The van der Waals surface area contributed by atoms with Crippen LogP contribution in [0.2, 0.25) is 0 Å². The molecule has 0 bridgehead atoms. The Morgan fingerprint density at radius 2 is 2.00 bits per heavy atom. The van der Waals surface area contributed by atoms with E-state index in [4.69, 9.17) is 4.74 Å². The maximum Gasteiger partial charge on any atom is 0.422 e. The van der Waals surface area contributed by atoms with Crippen LogP contribution in [-0.4, -0.2) is 43.2 Å². The minimum Gasteiger partial charge on any atom is -0.468 e. The summed E-state index contributed by atoms with van der Waals surface area (Å²) in [5.41, 5.74) is 2.20. The topological polar surface area (TPSA) is 60.5 Å². The first-order valence-corrected chi connectivity index (χ1v) is 8.51. The highest BCUT2D eigenvalue weighted by Crippen LogP contribution is 2.20. The van der Waals surface area contributed by atoms with Crippen molar-refractivity contribution in [3.63, 3.8) is 0 Å². The number of hydrogen-bond acceptors (Lipinski definition) is 5. The number of morpholine rings is 1. The number of aromatic nitrogens is 1. The fourth-order valence-electron chi connectivity index (χ4n) is 2.70. The molecule has 0 aliphatic carbocycles.